The van der Waals surface area contributed by atoms with Crippen LogP contribution in [0.4, 0.5) is 10.5 Å². The van der Waals surface area contributed by atoms with Gasteiger partial charge >= 0.3 is 6.03 Å². The van der Waals surface area contributed by atoms with Crippen LogP contribution in [0.3, 0.4) is 0 Å². The Kier molecular flexibility index (Phi) is 5.17. The molecule has 20 heavy (non-hydrogen) atoms. The van der Waals surface area contributed by atoms with E-state index in [-0.39, 0.29) is 12.1 Å². The minimum atomic E-state index is -0.186. The minimum Gasteiger partial charge on any atom is -0.335 e. The van der Waals surface area contributed by atoms with Crippen molar-refractivity contribution in [2.45, 2.75) is 39.2 Å². The largest absolute Gasteiger partial charge is 0.335 e. The highest BCUT2D eigenvalue weighted by Gasteiger charge is 2.28. The average Bonchev–Trinajstić information content (AvgIpc) is 2.39. The van der Waals surface area contributed by atoms with Crippen molar-refractivity contribution in [3.63, 3.8) is 0 Å². The number of urea groups is 1. The molecule has 3 nitrogen and oxygen atoms in total. The fraction of sp³-hybridized carbons (Fsp3) is 0.533. The van der Waals surface area contributed by atoms with Crippen molar-refractivity contribution in [1.82, 2.24) is 5.32 Å². The normalized spacial score (nSPS) is 26.1. The van der Waals surface area contributed by atoms with Gasteiger partial charge in [0.2, 0.25) is 0 Å². The van der Waals surface area contributed by atoms with Crippen LogP contribution in [0.1, 0.15) is 33.1 Å². The Morgan fingerprint density at radius 1 is 1.20 bits per heavy atom. The third-order valence-electron chi connectivity index (χ3n) is 4.20. The van der Waals surface area contributed by atoms with Crippen molar-refractivity contribution >= 4 is 34.9 Å². The molecule has 0 saturated heterocycles. The standard InChI is InChI=1S/C15H20Cl2N2O/c1-9-4-3-5-14(10(9)2)19-15(20)18-11-6-7-12(16)13(17)8-11/h6-10,14H,3-5H2,1-2H3,(H2,18,19,20)/t9-,10-,14+/m1/s1. The zero-order valence-corrected chi connectivity index (χ0v) is 13.3. The summed E-state index contributed by atoms with van der Waals surface area (Å²) in [6, 6.07) is 5.11. The molecule has 5 heteroatoms. The third kappa shape index (κ3) is 3.80. The molecule has 0 unspecified atom stereocenters. The Hall–Kier alpha value is -0.930. The molecule has 1 aromatic carbocycles. The highest BCUT2D eigenvalue weighted by molar-refractivity contribution is 6.42. The zero-order chi connectivity index (χ0) is 14.7. The second-order valence-corrected chi connectivity index (χ2v) is 6.42. The van der Waals surface area contributed by atoms with Crippen LogP contribution in [-0.2, 0) is 0 Å². The molecular formula is C15H20Cl2N2O. The monoisotopic (exact) mass is 314 g/mol. The molecule has 2 rings (SSSR count). The molecule has 3 atom stereocenters. The molecule has 0 aliphatic heterocycles. The number of carbonyl (C=O) groups is 1. The third-order valence-corrected chi connectivity index (χ3v) is 4.94. The smallest absolute Gasteiger partial charge is 0.319 e. The summed E-state index contributed by atoms with van der Waals surface area (Å²) in [7, 11) is 0. The van der Waals surface area contributed by atoms with E-state index in [1.54, 1.807) is 18.2 Å². The molecule has 110 valence electrons. The number of halogens is 2. The topological polar surface area (TPSA) is 41.1 Å². The van der Waals surface area contributed by atoms with E-state index < -0.39 is 0 Å². The minimum absolute atomic E-state index is 0.186. The summed E-state index contributed by atoms with van der Waals surface area (Å²) in [4.78, 5) is 12.0. The lowest BCUT2D eigenvalue weighted by atomic mass is 9.78. The summed E-state index contributed by atoms with van der Waals surface area (Å²) < 4.78 is 0. The molecule has 0 bridgehead atoms. The number of benzene rings is 1. The van der Waals surface area contributed by atoms with Crippen LogP contribution in [0, 0.1) is 11.8 Å². The lowest BCUT2D eigenvalue weighted by Gasteiger charge is -2.34. The van der Waals surface area contributed by atoms with E-state index in [0.29, 0.717) is 27.6 Å². The van der Waals surface area contributed by atoms with E-state index in [1.165, 1.54) is 12.8 Å². The highest BCUT2D eigenvalue weighted by Crippen LogP contribution is 2.29. The van der Waals surface area contributed by atoms with Crippen LogP contribution >= 0.6 is 23.2 Å². The van der Waals surface area contributed by atoms with Gasteiger partial charge in [-0.25, -0.2) is 4.79 Å². The summed E-state index contributed by atoms with van der Waals surface area (Å²) in [6.07, 6.45) is 3.46. The van der Waals surface area contributed by atoms with E-state index in [4.69, 9.17) is 23.2 Å². The Bertz CT molecular complexity index is 493. The maximum absolute atomic E-state index is 12.0. The van der Waals surface area contributed by atoms with Crippen molar-refractivity contribution in [2.24, 2.45) is 11.8 Å². The first kappa shape index (κ1) is 15.5. The SMILES string of the molecule is C[C@@H]1[C@H](C)CCC[C@@H]1NC(=O)Nc1ccc(Cl)c(Cl)c1. The van der Waals surface area contributed by atoms with Crippen molar-refractivity contribution in [3.05, 3.63) is 28.2 Å². The molecule has 1 aliphatic carbocycles. The van der Waals surface area contributed by atoms with Crippen LogP contribution in [0.25, 0.3) is 0 Å². The molecule has 1 aromatic rings. The lowest BCUT2D eigenvalue weighted by Crippen LogP contribution is -2.45. The van der Waals surface area contributed by atoms with Gasteiger partial charge in [0.15, 0.2) is 0 Å². The van der Waals surface area contributed by atoms with Crippen LogP contribution in [0.2, 0.25) is 10.0 Å². The van der Waals surface area contributed by atoms with Gasteiger partial charge < -0.3 is 10.6 Å². The van der Waals surface area contributed by atoms with Gasteiger partial charge in [0.05, 0.1) is 10.0 Å². The van der Waals surface area contributed by atoms with Crippen LogP contribution in [0.5, 0.6) is 0 Å². The van der Waals surface area contributed by atoms with E-state index in [9.17, 15) is 4.79 Å². The van der Waals surface area contributed by atoms with E-state index in [0.717, 1.165) is 6.42 Å². The molecule has 1 fully saturated rings. The molecule has 2 N–H and O–H groups in total. The summed E-state index contributed by atoms with van der Waals surface area (Å²) in [5.41, 5.74) is 0.647. The van der Waals surface area contributed by atoms with Gasteiger partial charge in [-0.3, -0.25) is 0 Å². The molecule has 0 aromatic heterocycles. The molecule has 2 amide bonds. The quantitative estimate of drug-likeness (QED) is 0.797. The molecule has 1 saturated carbocycles. The number of rotatable bonds is 2. The van der Waals surface area contributed by atoms with Crippen molar-refractivity contribution in [3.8, 4) is 0 Å². The Morgan fingerprint density at radius 3 is 2.65 bits per heavy atom. The summed E-state index contributed by atoms with van der Waals surface area (Å²) >= 11 is 11.8. The average molecular weight is 315 g/mol. The van der Waals surface area contributed by atoms with Gasteiger partial charge in [0.25, 0.3) is 0 Å². The Labute approximate surface area is 130 Å². The van der Waals surface area contributed by atoms with Crippen molar-refractivity contribution < 1.29 is 4.79 Å². The zero-order valence-electron chi connectivity index (χ0n) is 11.7. The molecule has 1 aliphatic rings. The first-order valence-electron chi connectivity index (χ1n) is 7.00. The number of hydrogen-bond donors (Lipinski definition) is 2. The van der Waals surface area contributed by atoms with Gasteiger partial charge in [-0.1, -0.05) is 49.9 Å². The first-order chi connectivity index (χ1) is 9.47. The second kappa shape index (κ2) is 6.68. The Morgan fingerprint density at radius 2 is 1.95 bits per heavy atom. The van der Waals surface area contributed by atoms with Gasteiger partial charge in [-0.05, 0) is 36.5 Å². The number of carbonyl (C=O) groups excluding carboxylic acids is 1. The molecule has 0 radical (unpaired) electrons. The summed E-state index contributed by atoms with van der Waals surface area (Å²) in [5, 5.41) is 6.77. The van der Waals surface area contributed by atoms with Crippen LogP contribution in [-0.4, -0.2) is 12.1 Å². The summed E-state index contributed by atoms with van der Waals surface area (Å²) in [6.45, 7) is 4.45. The van der Waals surface area contributed by atoms with E-state index in [2.05, 4.69) is 24.5 Å². The van der Waals surface area contributed by atoms with Gasteiger partial charge in [0.1, 0.15) is 0 Å². The highest BCUT2D eigenvalue weighted by atomic mass is 35.5. The van der Waals surface area contributed by atoms with E-state index in [1.807, 2.05) is 0 Å². The van der Waals surface area contributed by atoms with Crippen LogP contribution < -0.4 is 10.6 Å². The van der Waals surface area contributed by atoms with E-state index >= 15 is 0 Å². The molecular weight excluding hydrogens is 295 g/mol. The van der Waals surface area contributed by atoms with Crippen molar-refractivity contribution in [2.75, 3.05) is 5.32 Å². The first-order valence-corrected chi connectivity index (χ1v) is 7.75. The lowest BCUT2D eigenvalue weighted by molar-refractivity contribution is 0.201. The predicted octanol–water partition coefficient (Wildman–Crippen LogP) is 4.94. The molecule has 0 heterocycles. The Balaban J connectivity index is 1.93. The van der Waals surface area contributed by atoms with Gasteiger partial charge in [0, 0.05) is 11.7 Å². The maximum atomic E-state index is 12.0. The number of hydrogen-bond acceptors (Lipinski definition) is 1. The van der Waals surface area contributed by atoms with Crippen molar-refractivity contribution in [1.29, 1.82) is 0 Å². The fourth-order valence-electron chi connectivity index (χ4n) is 2.70. The van der Waals surface area contributed by atoms with Gasteiger partial charge in [-0.2, -0.15) is 0 Å². The number of amides is 2. The predicted molar refractivity (Wildman–Crippen MR) is 84.6 cm³/mol. The number of nitrogens with one attached hydrogen (secondary N) is 2. The number of anilines is 1. The maximum Gasteiger partial charge on any atom is 0.319 e. The van der Waals surface area contributed by atoms with Gasteiger partial charge in [-0.15, -0.1) is 0 Å². The second-order valence-electron chi connectivity index (χ2n) is 5.60. The fourth-order valence-corrected chi connectivity index (χ4v) is 2.99. The summed E-state index contributed by atoms with van der Waals surface area (Å²) in [5.74, 6) is 1.15. The van der Waals surface area contributed by atoms with Crippen LogP contribution in [0.15, 0.2) is 18.2 Å². The molecule has 0 spiro atoms.